The number of carboxylic acids is 1. The highest BCUT2D eigenvalue weighted by molar-refractivity contribution is 6.04. The molecule has 0 radical (unpaired) electrons. The van der Waals surface area contributed by atoms with Crippen LogP contribution in [0.2, 0.25) is 0 Å². The van der Waals surface area contributed by atoms with Crippen LogP contribution in [-0.4, -0.2) is 11.9 Å². The second kappa shape index (κ2) is 6.33. The summed E-state index contributed by atoms with van der Waals surface area (Å²) in [5.74, 6) is -1.48. The van der Waals surface area contributed by atoms with Crippen molar-refractivity contribution in [2.75, 3.05) is 5.32 Å². The van der Waals surface area contributed by atoms with Crippen LogP contribution in [0.15, 0.2) is 60.7 Å². The number of carboxylic acid groups (broad SMARTS) is 1. The van der Waals surface area contributed by atoms with E-state index in [0.29, 0.717) is 16.8 Å². The Morgan fingerprint density at radius 1 is 1.00 bits per heavy atom. The number of benzene rings is 2. The number of anilines is 1. The molecule has 0 aliphatic heterocycles. The first-order chi connectivity index (χ1) is 9.65. The van der Waals surface area contributed by atoms with Crippen LogP contribution in [0.1, 0.15) is 15.9 Å². The molecule has 0 aromatic heterocycles. The summed E-state index contributed by atoms with van der Waals surface area (Å²) in [6, 6.07) is 15.7. The van der Waals surface area contributed by atoms with Crippen LogP contribution in [0.3, 0.4) is 0 Å². The molecule has 100 valence electrons. The van der Waals surface area contributed by atoms with Gasteiger partial charge in [-0.15, -0.1) is 0 Å². The normalized spacial score (nSPS) is 10.4. The lowest BCUT2D eigenvalue weighted by Crippen LogP contribution is -2.18. The Hall–Kier alpha value is -2.88. The van der Waals surface area contributed by atoms with Crippen LogP contribution < -0.4 is 10.4 Å². The molecule has 1 N–H and O–H groups in total. The summed E-state index contributed by atoms with van der Waals surface area (Å²) >= 11 is 0. The lowest BCUT2D eigenvalue weighted by atomic mass is 10.1. The van der Waals surface area contributed by atoms with E-state index in [-0.39, 0.29) is 5.91 Å². The van der Waals surface area contributed by atoms with Crippen molar-refractivity contribution in [3.05, 3.63) is 71.8 Å². The number of hydrogen-bond donors (Lipinski definition) is 1. The highest BCUT2D eigenvalue weighted by Crippen LogP contribution is 2.13. The fourth-order valence-corrected chi connectivity index (χ4v) is 1.68. The molecule has 0 aliphatic carbocycles. The average Bonchev–Trinajstić information content (AvgIpc) is 2.46. The quantitative estimate of drug-likeness (QED) is 0.856. The lowest BCUT2D eigenvalue weighted by molar-refractivity contribution is -0.297. The summed E-state index contributed by atoms with van der Waals surface area (Å²) < 4.78 is 0. The molecule has 0 fully saturated rings. The third kappa shape index (κ3) is 3.81. The summed E-state index contributed by atoms with van der Waals surface area (Å²) in [5, 5.41) is 13.1. The number of rotatable bonds is 4. The molecule has 0 aliphatic rings. The molecule has 20 heavy (non-hydrogen) atoms. The fourth-order valence-electron chi connectivity index (χ4n) is 1.68. The van der Waals surface area contributed by atoms with Gasteiger partial charge in [0.15, 0.2) is 0 Å². The van der Waals surface area contributed by atoms with Gasteiger partial charge in [0.05, 0.1) is 5.97 Å². The molecule has 2 aromatic rings. The topological polar surface area (TPSA) is 69.2 Å². The molecule has 0 unspecified atom stereocenters. The largest absolute Gasteiger partial charge is 0.545 e. The van der Waals surface area contributed by atoms with Crippen molar-refractivity contribution in [2.45, 2.75) is 0 Å². The Morgan fingerprint density at radius 3 is 2.45 bits per heavy atom. The van der Waals surface area contributed by atoms with Gasteiger partial charge in [0.1, 0.15) is 0 Å². The summed E-state index contributed by atoms with van der Waals surface area (Å²) in [4.78, 5) is 22.3. The van der Waals surface area contributed by atoms with Crippen LogP contribution in [0.5, 0.6) is 0 Å². The van der Waals surface area contributed by atoms with E-state index >= 15 is 0 Å². The molecule has 0 heterocycles. The van der Waals surface area contributed by atoms with Gasteiger partial charge >= 0.3 is 0 Å². The van der Waals surface area contributed by atoms with Crippen molar-refractivity contribution >= 4 is 23.6 Å². The highest BCUT2D eigenvalue weighted by atomic mass is 16.4. The Labute approximate surface area is 116 Å². The van der Waals surface area contributed by atoms with E-state index in [0.717, 1.165) is 6.08 Å². The standard InChI is InChI=1S/C16H13NO3/c18-15(19)10-9-12-5-4-8-14(11-12)17-16(20)13-6-2-1-3-7-13/h1-11H,(H,17,20)(H,18,19)/p-1. The number of hydrogen-bond acceptors (Lipinski definition) is 3. The molecular formula is C16H12NO3-. The van der Waals surface area contributed by atoms with Gasteiger partial charge < -0.3 is 15.2 Å². The lowest BCUT2D eigenvalue weighted by Gasteiger charge is -2.06. The molecule has 0 spiro atoms. The fraction of sp³-hybridized carbons (Fsp3) is 0. The van der Waals surface area contributed by atoms with Crippen LogP contribution >= 0.6 is 0 Å². The van der Waals surface area contributed by atoms with E-state index in [1.165, 1.54) is 6.08 Å². The van der Waals surface area contributed by atoms with Crippen molar-refractivity contribution in [2.24, 2.45) is 0 Å². The first kappa shape index (κ1) is 13.5. The molecule has 0 saturated heterocycles. The summed E-state index contributed by atoms with van der Waals surface area (Å²) in [5.41, 5.74) is 1.82. The number of nitrogens with one attached hydrogen (secondary N) is 1. The first-order valence-electron chi connectivity index (χ1n) is 6.01. The van der Waals surface area contributed by atoms with Gasteiger partial charge in [-0.25, -0.2) is 0 Å². The Kier molecular flexibility index (Phi) is 4.29. The Morgan fingerprint density at radius 2 is 1.75 bits per heavy atom. The minimum Gasteiger partial charge on any atom is -0.545 e. The number of amides is 1. The van der Waals surface area contributed by atoms with Crippen molar-refractivity contribution in [1.29, 1.82) is 0 Å². The predicted molar refractivity (Wildman–Crippen MR) is 74.9 cm³/mol. The number of aliphatic carboxylic acids is 1. The predicted octanol–water partition coefficient (Wildman–Crippen LogP) is 1.70. The van der Waals surface area contributed by atoms with Crippen LogP contribution in [-0.2, 0) is 4.79 Å². The van der Waals surface area contributed by atoms with E-state index in [9.17, 15) is 14.7 Å². The summed E-state index contributed by atoms with van der Waals surface area (Å²) in [7, 11) is 0. The van der Waals surface area contributed by atoms with Gasteiger partial charge in [-0.05, 0) is 35.9 Å². The van der Waals surface area contributed by atoms with Crippen molar-refractivity contribution in [3.8, 4) is 0 Å². The average molecular weight is 266 g/mol. The van der Waals surface area contributed by atoms with Crippen molar-refractivity contribution < 1.29 is 14.7 Å². The zero-order chi connectivity index (χ0) is 14.4. The molecule has 2 rings (SSSR count). The third-order valence-electron chi connectivity index (χ3n) is 2.59. The van der Waals surface area contributed by atoms with Crippen LogP contribution in [0, 0.1) is 0 Å². The van der Waals surface area contributed by atoms with E-state index in [1.807, 2.05) is 6.07 Å². The molecular weight excluding hydrogens is 254 g/mol. The van der Waals surface area contributed by atoms with E-state index in [4.69, 9.17) is 0 Å². The maximum absolute atomic E-state index is 12.0. The zero-order valence-electron chi connectivity index (χ0n) is 10.6. The maximum Gasteiger partial charge on any atom is 0.255 e. The second-order valence-electron chi connectivity index (χ2n) is 4.10. The van der Waals surface area contributed by atoms with Crippen LogP contribution in [0.25, 0.3) is 6.08 Å². The van der Waals surface area contributed by atoms with E-state index < -0.39 is 5.97 Å². The minimum atomic E-state index is -1.26. The Bertz CT molecular complexity index is 648. The molecule has 4 nitrogen and oxygen atoms in total. The van der Waals surface area contributed by atoms with Crippen molar-refractivity contribution in [1.82, 2.24) is 0 Å². The first-order valence-corrected chi connectivity index (χ1v) is 6.01. The summed E-state index contributed by atoms with van der Waals surface area (Å²) in [6.45, 7) is 0. The van der Waals surface area contributed by atoms with E-state index in [1.54, 1.807) is 48.5 Å². The zero-order valence-corrected chi connectivity index (χ0v) is 10.6. The molecule has 0 atom stereocenters. The molecule has 2 aromatic carbocycles. The second-order valence-corrected chi connectivity index (χ2v) is 4.10. The molecule has 1 amide bonds. The van der Waals surface area contributed by atoms with Gasteiger partial charge in [-0.1, -0.05) is 36.4 Å². The van der Waals surface area contributed by atoms with Gasteiger partial charge in [-0.2, -0.15) is 0 Å². The number of carbonyl (C=O) groups excluding carboxylic acids is 2. The monoisotopic (exact) mass is 266 g/mol. The SMILES string of the molecule is O=C([O-])C=Cc1cccc(NC(=O)c2ccccc2)c1. The number of carbonyl (C=O) groups is 2. The third-order valence-corrected chi connectivity index (χ3v) is 2.59. The molecule has 4 heteroatoms. The highest BCUT2D eigenvalue weighted by Gasteiger charge is 2.04. The van der Waals surface area contributed by atoms with Crippen LogP contribution in [0.4, 0.5) is 5.69 Å². The van der Waals surface area contributed by atoms with Gasteiger partial charge in [0.25, 0.3) is 5.91 Å². The van der Waals surface area contributed by atoms with Gasteiger partial charge in [0.2, 0.25) is 0 Å². The molecule has 0 saturated carbocycles. The van der Waals surface area contributed by atoms with Crippen molar-refractivity contribution in [3.63, 3.8) is 0 Å². The van der Waals surface area contributed by atoms with E-state index in [2.05, 4.69) is 5.32 Å². The maximum atomic E-state index is 12.0. The molecule has 0 bridgehead atoms. The Balaban J connectivity index is 2.12. The summed E-state index contributed by atoms with van der Waals surface area (Å²) in [6.07, 6.45) is 2.35. The van der Waals surface area contributed by atoms with Gasteiger partial charge in [0, 0.05) is 11.3 Å². The minimum absolute atomic E-state index is 0.216. The smallest absolute Gasteiger partial charge is 0.255 e. The van der Waals surface area contributed by atoms with Gasteiger partial charge in [-0.3, -0.25) is 4.79 Å².